The van der Waals surface area contributed by atoms with E-state index in [9.17, 15) is 4.79 Å². The van der Waals surface area contributed by atoms with E-state index in [-0.39, 0.29) is 17.9 Å². The predicted molar refractivity (Wildman–Crippen MR) is 73.4 cm³/mol. The molecule has 1 amide bonds. The minimum atomic E-state index is 0.0394. The molecule has 0 radical (unpaired) electrons. The van der Waals surface area contributed by atoms with Gasteiger partial charge in [-0.1, -0.05) is 11.6 Å². The maximum absolute atomic E-state index is 12.1. The van der Waals surface area contributed by atoms with E-state index in [4.69, 9.17) is 11.6 Å². The molecule has 1 heterocycles. The third kappa shape index (κ3) is 3.00. The van der Waals surface area contributed by atoms with Crippen LogP contribution in [0.3, 0.4) is 0 Å². The predicted octanol–water partition coefficient (Wildman–Crippen LogP) is 3.04. The molecule has 1 fully saturated rings. The van der Waals surface area contributed by atoms with Crippen LogP contribution < -0.4 is 10.6 Å². The van der Waals surface area contributed by atoms with Crippen LogP contribution in [-0.2, 0) is 4.79 Å². The Kier molecular flexibility index (Phi) is 4.07. The van der Waals surface area contributed by atoms with Gasteiger partial charge in [0.25, 0.3) is 0 Å². The third-order valence-electron chi connectivity index (χ3n) is 3.05. The van der Waals surface area contributed by atoms with Crippen LogP contribution in [-0.4, -0.2) is 18.5 Å². The lowest BCUT2D eigenvalue weighted by molar-refractivity contribution is -0.120. The van der Waals surface area contributed by atoms with E-state index in [0.29, 0.717) is 5.02 Å². The Labute approximate surface area is 114 Å². The number of carbonyl (C=O) groups excluding carboxylic acids is 1. The number of hydrogen-bond donors (Lipinski definition) is 2. The monoisotopic (exact) mass is 316 g/mol. The van der Waals surface area contributed by atoms with Crippen molar-refractivity contribution < 1.29 is 4.79 Å². The topological polar surface area (TPSA) is 41.1 Å². The fourth-order valence-electron chi connectivity index (χ4n) is 2.03. The molecule has 0 aliphatic carbocycles. The summed E-state index contributed by atoms with van der Waals surface area (Å²) >= 11 is 9.24. The molecule has 1 aromatic rings. The summed E-state index contributed by atoms with van der Waals surface area (Å²) in [5, 5.41) is 6.84. The zero-order valence-corrected chi connectivity index (χ0v) is 11.8. The molecule has 92 valence electrons. The van der Waals surface area contributed by atoms with Gasteiger partial charge in [-0.2, -0.15) is 0 Å². The van der Waals surface area contributed by atoms with Crippen LogP contribution in [0.25, 0.3) is 0 Å². The molecule has 2 N–H and O–H groups in total. The number of rotatable bonds is 2. The van der Waals surface area contributed by atoms with Gasteiger partial charge in [0.05, 0.1) is 11.6 Å². The largest absolute Gasteiger partial charge is 0.325 e. The normalized spacial score (nSPS) is 23.7. The Hall–Kier alpha value is -0.580. The molecular weight excluding hydrogens is 304 g/mol. The van der Waals surface area contributed by atoms with Gasteiger partial charge in [0.2, 0.25) is 5.91 Å². The Morgan fingerprint density at radius 2 is 2.35 bits per heavy atom. The smallest absolute Gasteiger partial charge is 0.229 e. The molecule has 1 aliphatic heterocycles. The van der Waals surface area contributed by atoms with Crippen molar-refractivity contribution in [2.45, 2.75) is 19.4 Å². The first-order valence-corrected chi connectivity index (χ1v) is 6.74. The summed E-state index contributed by atoms with van der Waals surface area (Å²) in [6.45, 7) is 2.94. The second kappa shape index (κ2) is 5.38. The first-order chi connectivity index (χ1) is 8.08. The molecule has 2 unspecified atom stereocenters. The van der Waals surface area contributed by atoms with E-state index in [1.165, 1.54) is 0 Å². The molecule has 17 heavy (non-hydrogen) atoms. The van der Waals surface area contributed by atoms with E-state index in [2.05, 4.69) is 26.6 Å². The SMILES string of the molecule is CC1NCCC1C(=O)Nc1ccc(Cl)cc1Br. The number of nitrogens with one attached hydrogen (secondary N) is 2. The number of carbonyl (C=O) groups is 1. The maximum Gasteiger partial charge on any atom is 0.229 e. The van der Waals surface area contributed by atoms with Crippen molar-refractivity contribution in [2.24, 2.45) is 5.92 Å². The summed E-state index contributed by atoms with van der Waals surface area (Å²) in [6.07, 6.45) is 0.887. The van der Waals surface area contributed by atoms with Gasteiger partial charge < -0.3 is 10.6 Å². The lowest BCUT2D eigenvalue weighted by Crippen LogP contribution is -2.32. The molecule has 1 aliphatic rings. The van der Waals surface area contributed by atoms with Crippen molar-refractivity contribution >= 4 is 39.1 Å². The number of hydrogen-bond acceptors (Lipinski definition) is 2. The number of amides is 1. The molecule has 0 spiro atoms. The van der Waals surface area contributed by atoms with E-state index in [0.717, 1.165) is 23.1 Å². The first-order valence-electron chi connectivity index (χ1n) is 5.57. The highest BCUT2D eigenvalue weighted by molar-refractivity contribution is 9.10. The summed E-state index contributed by atoms with van der Waals surface area (Å²) in [4.78, 5) is 12.1. The van der Waals surface area contributed by atoms with Gasteiger partial charge in [0.1, 0.15) is 0 Å². The second-order valence-corrected chi connectivity index (χ2v) is 5.54. The first kappa shape index (κ1) is 12.9. The lowest BCUT2D eigenvalue weighted by Gasteiger charge is -2.15. The van der Waals surface area contributed by atoms with E-state index in [1.807, 2.05) is 6.92 Å². The highest BCUT2D eigenvalue weighted by Crippen LogP contribution is 2.27. The van der Waals surface area contributed by atoms with E-state index >= 15 is 0 Å². The highest BCUT2D eigenvalue weighted by Gasteiger charge is 2.29. The Morgan fingerprint density at radius 3 is 2.94 bits per heavy atom. The van der Waals surface area contributed by atoms with Crippen LogP contribution in [0.4, 0.5) is 5.69 Å². The molecule has 0 saturated carbocycles. The Morgan fingerprint density at radius 1 is 1.59 bits per heavy atom. The summed E-state index contributed by atoms with van der Waals surface area (Å²) < 4.78 is 0.803. The maximum atomic E-state index is 12.1. The molecule has 3 nitrogen and oxygen atoms in total. The highest BCUT2D eigenvalue weighted by atomic mass is 79.9. The van der Waals surface area contributed by atoms with Gasteiger partial charge in [-0.15, -0.1) is 0 Å². The second-order valence-electron chi connectivity index (χ2n) is 4.25. The minimum absolute atomic E-state index is 0.0394. The van der Waals surface area contributed by atoms with Crippen LogP contribution in [0.2, 0.25) is 5.02 Å². The van der Waals surface area contributed by atoms with Crippen LogP contribution in [0.1, 0.15) is 13.3 Å². The van der Waals surface area contributed by atoms with E-state index in [1.54, 1.807) is 18.2 Å². The zero-order chi connectivity index (χ0) is 12.4. The molecule has 1 aromatic carbocycles. The van der Waals surface area contributed by atoms with Gasteiger partial charge in [0.15, 0.2) is 0 Å². The Balaban J connectivity index is 2.07. The average molecular weight is 318 g/mol. The van der Waals surface area contributed by atoms with Gasteiger partial charge in [-0.05, 0) is 54.0 Å². The summed E-state index contributed by atoms with van der Waals surface area (Å²) in [5.74, 6) is 0.100. The zero-order valence-electron chi connectivity index (χ0n) is 9.47. The van der Waals surface area contributed by atoms with Crippen molar-refractivity contribution in [3.8, 4) is 0 Å². The van der Waals surface area contributed by atoms with Crippen molar-refractivity contribution in [3.63, 3.8) is 0 Å². The van der Waals surface area contributed by atoms with Gasteiger partial charge in [-0.3, -0.25) is 4.79 Å². The fourth-order valence-corrected chi connectivity index (χ4v) is 2.82. The number of benzene rings is 1. The van der Waals surface area contributed by atoms with Crippen molar-refractivity contribution in [1.82, 2.24) is 5.32 Å². The summed E-state index contributed by atoms with van der Waals surface area (Å²) in [7, 11) is 0. The van der Waals surface area contributed by atoms with Crippen LogP contribution in [0.5, 0.6) is 0 Å². The summed E-state index contributed by atoms with van der Waals surface area (Å²) in [5.41, 5.74) is 0.763. The van der Waals surface area contributed by atoms with E-state index < -0.39 is 0 Å². The van der Waals surface area contributed by atoms with Crippen molar-refractivity contribution in [2.75, 3.05) is 11.9 Å². The molecule has 5 heteroatoms. The molecule has 2 rings (SSSR count). The van der Waals surface area contributed by atoms with Crippen molar-refractivity contribution in [1.29, 1.82) is 0 Å². The lowest BCUT2D eigenvalue weighted by atomic mass is 10.0. The number of anilines is 1. The molecule has 1 saturated heterocycles. The van der Waals surface area contributed by atoms with Gasteiger partial charge in [-0.25, -0.2) is 0 Å². The minimum Gasteiger partial charge on any atom is -0.325 e. The number of halogens is 2. The average Bonchev–Trinajstić information content (AvgIpc) is 2.68. The molecular formula is C12H14BrClN2O. The van der Waals surface area contributed by atoms with Crippen LogP contribution in [0, 0.1) is 5.92 Å². The quantitative estimate of drug-likeness (QED) is 0.880. The van der Waals surface area contributed by atoms with Gasteiger partial charge in [0, 0.05) is 15.5 Å². The molecule has 0 aromatic heterocycles. The van der Waals surface area contributed by atoms with Crippen LogP contribution >= 0.6 is 27.5 Å². The fraction of sp³-hybridized carbons (Fsp3) is 0.417. The molecule has 0 bridgehead atoms. The standard InChI is InChI=1S/C12H14BrClN2O/c1-7-9(4-5-15-7)12(17)16-11-3-2-8(14)6-10(11)13/h2-3,6-7,9,15H,4-5H2,1H3,(H,16,17). The van der Waals surface area contributed by atoms with Crippen molar-refractivity contribution in [3.05, 3.63) is 27.7 Å². The van der Waals surface area contributed by atoms with Crippen LogP contribution in [0.15, 0.2) is 22.7 Å². The van der Waals surface area contributed by atoms with Gasteiger partial charge >= 0.3 is 0 Å². The third-order valence-corrected chi connectivity index (χ3v) is 3.94. The molecule has 2 atom stereocenters. The Bertz CT molecular complexity index is 439. The summed E-state index contributed by atoms with van der Waals surface area (Å²) in [6, 6.07) is 5.57.